The average molecular weight is 405 g/mol. The van der Waals surface area contributed by atoms with Crippen LogP contribution in [0.25, 0.3) is 0 Å². The van der Waals surface area contributed by atoms with Crippen LogP contribution in [-0.4, -0.2) is 36.5 Å². The Balaban J connectivity index is 2.41. The lowest BCUT2D eigenvalue weighted by Crippen LogP contribution is -2.29. The number of methoxy groups -OCH3 is 1. The zero-order chi connectivity index (χ0) is 21.6. The summed E-state index contributed by atoms with van der Waals surface area (Å²) in [5.41, 5.74) is 6.23. The van der Waals surface area contributed by atoms with Gasteiger partial charge in [0.15, 0.2) is 12.2 Å². The Morgan fingerprint density at radius 2 is 1.79 bits per heavy atom. The zero-order valence-corrected chi connectivity index (χ0v) is 16.4. The second kappa shape index (κ2) is 9.88. The molecule has 29 heavy (non-hydrogen) atoms. The van der Waals surface area contributed by atoms with Crippen molar-refractivity contribution >= 4 is 12.1 Å². The number of primary amides is 1. The van der Waals surface area contributed by atoms with E-state index in [1.807, 2.05) is 0 Å². The SMILES string of the molecule is COc1ccc(C(OC(N)=O)c2cc(CC(OC(C)C)C(=O)O)ccc2F)cc1. The Morgan fingerprint density at radius 1 is 1.14 bits per heavy atom. The first-order chi connectivity index (χ1) is 13.7. The predicted octanol–water partition coefficient (Wildman–Crippen LogP) is 3.44. The topological polar surface area (TPSA) is 108 Å². The average Bonchev–Trinajstić information content (AvgIpc) is 2.66. The minimum Gasteiger partial charge on any atom is -0.497 e. The van der Waals surface area contributed by atoms with Crippen LogP contribution in [0.5, 0.6) is 5.75 Å². The van der Waals surface area contributed by atoms with Crippen LogP contribution in [-0.2, 0) is 20.7 Å². The van der Waals surface area contributed by atoms with E-state index in [-0.39, 0.29) is 18.1 Å². The van der Waals surface area contributed by atoms with Crippen molar-refractivity contribution in [3.63, 3.8) is 0 Å². The van der Waals surface area contributed by atoms with Gasteiger partial charge in [-0.05, 0) is 49.2 Å². The van der Waals surface area contributed by atoms with Crippen molar-refractivity contribution in [3.8, 4) is 5.75 Å². The lowest BCUT2D eigenvalue weighted by Gasteiger charge is -2.21. The molecule has 8 heteroatoms. The number of hydrogen-bond donors (Lipinski definition) is 2. The van der Waals surface area contributed by atoms with Gasteiger partial charge in [0.1, 0.15) is 11.6 Å². The molecule has 2 atom stereocenters. The van der Waals surface area contributed by atoms with Gasteiger partial charge in [0.05, 0.1) is 13.2 Å². The minimum absolute atomic E-state index is 0.0205. The van der Waals surface area contributed by atoms with E-state index in [2.05, 4.69) is 0 Å². The van der Waals surface area contributed by atoms with Gasteiger partial charge in [0, 0.05) is 12.0 Å². The Hall–Kier alpha value is -3.13. The van der Waals surface area contributed by atoms with Crippen molar-refractivity contribution in [2.75, 3.05) is 7.11 Å². The monoisotopic (exact) mass is 405 g/mol. The molecule has 0 aliphatic rings. The fourth-order valence-corrected chi connectivity index (χ4v) is 2.86. The van der Waals surface area contributed by atoms with Crippen molar-refractivity contribution in [1.82, 2.24) is 0 Å². The smallest absolute Gasteiger partial charge is 0.405 e. The molecule has 1 amide bonds. The van der Waals surface area contributed by atoms with Crippen LogP contribution in [0.4, 0.5) is 9.18 Å². The second-order valence-electron chi connectivity index (χ2n) is 6.66. The molecule has 0 spiro atoms. The van der Waals surface area contributed by atoms with Gasteiger partial charge >= 0.3 is 12.1 Å². The molecule has 0 fully saturated rings. The van der Waals surface area contributed by atoms with Gasteiger partial charge in [-0.25, -0.2) is 14.0 Å². The maximum atomic E-state index is 14.6. The van der Waals surface area contributed by atoms with Crippen molar-refractivity contribution in [2.45, 2.75) is 38.6 Å². The third kappa shape index (κ3) is 6.18. The van der Waals surface area contributed by atoms with Crippen LogP contribution < -0.4 is 10.5 Å². The fraction of sp³-hybridized carbons (Fsp3) is 0.333. The molecule has 0 radical (unpaired) electrons. The summed E-state index contributed by atoms with van der Waals surface area (Å²) < 4.78 is 30.3. The summed E-state index contributed by atoms with van der Waals surface area (Å²) in [7, 11) is 1.51. The number of hydrogen-bond acceptors (Lipinski definition) is 5. The number of benzene rings is 2. The van der Waals surface area contributed by atoms with Crippen molar-refractivity contribution < 1.29 is 33.3 Å². The summed E-state index contributed by atoms with van der Waals surface area (Å²) >= 11 is 0. The van der Waals surface area contributed by atoms with E-state index in [9.17, 15) is 19.1 Å². The maximum absolute atomic E-state index is 14.6. The molecule has 0 saturated carbocycles. The number of halogens is 1. The Morgan fingerprint density at radius 3 is 2.31 bits per heavy atom. The van der Waals surface area contributed by atoms with Crippen LogP contribution in [0.1, 0.15) is 36.6 Å². The van der Waals surface area contributed by atoms with E-state index in [1.165, 1.54) is 25.3 Å². The van der Waals surface area contributed by atoms with Gasteiger partial charge in [-0.3, -0.25) is 0 Å². The predicted molar refractivity (Wildman–Crippen MR) is 103 cm³/mol. The quantitative estimate of drug-likeness (QED) is 0.662. The van der Waals surface area contributed by atoms with Crippen LogP contribution >= 0.6 is 0 Å². The minimum atomic E-state index is -1.12. The molecule has 2 aromatic carbocycles. The van der Waals surface area contributed by atoms with Crippen LogP contribution in [0.15, 0.2) is 42.5 Å². The number of nitrogens with two attached hydrogens (primary N) is 1. The summed E-state index contributed by atoms with van der Waals surface area (Å²) in [6, 6.07) is 10.7. The lowest BCUT2D eigenvalue weighted by atomic mass is 9.97. The number of carbonyl (C=O) groups is 2. The highest BCUT2D eigenvalue weighted by atomic mass is 19.1. The van der Waals surface area contributed by atoms with Crippen molar-refractivity contribution in [2.24, 2.45) is 5.73 Å². The summed E-state index contributed by atoms with van der Waals surface area (Å²) in [6.07, 6.45) is -3.53. The Kier molecular flexibility index (Phi) is 7.55. The van der Waals surface area contributed by atoms with Crippen LogP contribution in [0.3, 0.4) is 0 Å². The number of aliphatic carboxylic acids is 1. The van der Waals surface area contributed by atoms with E-state index in [0.29, 0.717) is 16.9 Å². The van der Waals surface area contributed by atoms with E-state index < -0.39 is 30.1 Å². The largest absolute Gasteiger partial charge is 0.497 e. The molecule has 0 aromatic heterocycles. The highest BCUT2D eigenvalue weighted by Crippen LogP contribution is 2.30. The molecular weight excluding hydrogens is 381 g/mol. The molecule has 2 aromatic rings. The first-order valence-corrected chi connectivity index (χ1v) is 8.98. The van der Waals surface area contributed by atoms with Crippen molar-refractivity contribution in [1.29, 1.82) is 0 Å². The molecule has 0 bridgehead atoms. The van der Waals surface area contributed by atoms with Crippen LogP contribution in [0, 0.1) is 5.82 Å². The molecular formula is C21H24FNO6. The number of rotatable bonds is 9. The first-order valence-electron chi connectivity index (χ1n) is 8.98. The molecule has 0 heterocycles. The van der Waals surface area contributed by atoms with E-state index in [0.717, 1.165) is 0 Å². The highest BCUT2D eigenvalue weighted by Gasteiger charge is 2.25. The number of amides is 1. The van der Waals surface area contributed by atoms with Gasteiger partial charge in [-0.15, -0.1) is 0 Å². The third-order valence-corrected chi connectivity index (χ3v) is 4.13. The highest BCUT2D eigenvalue weighted by molar-refractivity contribution is 5.72. The van der Waals surface area contributed by atoms with Crippen molar-refractivity contribution in [3.05, 3.63) is 65.0 Å². The van der Waals surface area contributed by atoms with Gasteiger partial charge in [-0.1, -0.05) is 18.2 Å². The van der Waals surface area contributed by atoms with Gasteiger partial charge in [0.2, 0.25) is 0 Å². The first kappa shape index (κ1) is 22.2. The number of carboxylic acid groups (broad SMARTS) is 1. The number of carboxylic acids is 1. The number of ether oxygens (including phenoxy) is 3. The summed E-state index contributed by atoms with van der Waals surface area (Å²) in [5.74, 6) is -1.16. The molecule has 0 saturated heterocycles. The fourth-order valence-electron chi connectivity index (χ4n) is 2.86. The Labute approximate surface area is 168 Å². The van der Waals surface area contributed by atoms with Gasteiger partial charge in [0.25, 0.3) is 0 Å². The molecule has 0 aliphatic carbocycles. The van der Waals surface area contributed by atoms with Crippen LogP contribution in [0.2, 0.25) is 0 Å². The molecule has 2 unspecified atom stereocenters. The standard InChI is InChI=1S/C21H24FNO6/c1-12(2)28-18(20(24)25)11-13-4-9-17(22)16(10-13)19(29-21(23)26)14-5-7-15(27-3)8-6-14/h4-10,12,18-19H,11H2,1-3H3,(H2,23,26)(H,24,25). The normalized spacial score (nSPS) is 13.0. The molecule has 7 nitrogen and oxygen atoms in total. The van der Waals surface area contributed by atoms with E-state index in [4.69, 9.17) is 19.9 Å². The maximum Gasteiger partial charge on any atom is 0.405 e. The molecule has 0 aliphatic heterocycles. The summed E-state index contributed by atoms with van der Waals surface area (Å²) in [4.78, 5) is 22.9. The van der Waals surface area contributed by atoms with Gasteiger partial charge < -0.3 is 25.1 Å². The van der Waals surface area contributed by atoms with E-state index >= 15 is 0 Å². The summed E-state index contributed by atoms with van der Waals surface area (Å²) in [5, 5.41) is 9.37. The lowest BCUT2D eigenvalue weighted by molar-refractivity contribution is -0.153. The summed E-state index contributed by atoms with van der Waals surface area (Å²) in [6.45, 7) is 3.46. The Bertz CT molecular complexity index is 853. The second-order valence-corrected chi connectivity index (χ2v) is 6.66. The molecule has 156 valence electrons. The van der Waals surface area contributed by atoms with Gasteiger partial charge in [-0.2, -0.15) is 0 Å². The zero-order valence-electron chi connectivity index (χ0n) is 16.4. The number of carbonyl (C=O) groups excluding carboxylic acids is 1. The molecule has 3 N–H and O–H groups in total. The third-order valence-electron chi connectivity index (χ3n) is 4.13. The molecule has 2 rings (SSSR count). The van der Waals surface area contributed by atoms with E-state index in [1.54, 1.807) is 38.1 Å².